The van der Waals surface area contributed by atoms with Gasteiger partial charge in [0.1, 0.15) is 0 Å². The summed E-state index contributed by atoms with van der Waals surface area (Å²) in [4.78, 5) is 31.2. The van der Waals surface area contributed by atoms with Crippen molar-refractivity contribution in [3.05, 3.63) is 76.7 Å². The highest BCUT2D eigenvalue weighted by molar-refractivity contribution is 5.96. The molecule has 0 atom stereocenters. The number of carbonyl (C=O) groups is 1. The van der Waals surface area contributed by atoms with Crippen LogP contribution in [0, 0.1) is 0 Å². The van der Waals surface area contributed by atoms with E-state index >= 15 is 0 Å². The smallest absolute Gasteiger partial charge is 0.354 e. The van der Waals surface area contributed by atoms with Gasteiger partial charge in [-0.25, -0.2) is 4.79 Å². The Morgan fingerprint density at radius 2 is 1.77 bits per heavy atom. The predicted octanol–water partition coefficient (Wildman–Crippen LogP) is 4.19. The second-order valence-corrected chi connectivity index (χ2v) is 5.58. The fraction of sp³-hybridized carbons (Fsp3) is 0. The van der Waals surface area contributed by atoms with Crippen LogP contribution < -0.4 is 5.43 Å². The minimum absolute atomic E-state index is 0.239. The molecule has 0 unspecified atom stereocenters. The minimum Gasteiger partial charge on any atom is -0.477 e. The number of aromatic amines is 1. The van der Waals surface area contributed by atoms with E-state index in [0.717, 1.165) is 10.9 Å². The van der Waals surface area contributed by atoms with Gasteiger partial charge in [0.05, 0.1) is 16.7 Å². The number of nitrogens with one attached hydrogen (secondary N) is 1. The molecule has 0 radical (unpaired) electrons. The summed E-state index contributed by atoms with van der Waals surface area (Å²) in [5.74, 6) is -1.28. The molecule has 2 N–H and O–H groups in total. The van der Waals surface area contributed by atoms with E-state index in [4.69, 9.17) is 0 Å². The molecule has 0 fully saturated rings. The Morgan fingerprint density at radius 1 is 0.962 bits per heavy atom. The number of para-hydroxylation sites is 1. The fourth-order valence-corrected chi connectivity index (χ4v) is 2.75. The van der Waals surface area contributed by atoms with E-state index in [-0.39, 0.29) is 11.4 Å². The van der Waals surface area contributed by atoms with Crippen LogP contribution in [0.1, 0.15) is 10.5 Å². The van der Waals surface area contributed by atoms with Gasteiger partial charge in [0.15, 0.2) is 11.4 Å². The molecule has 2 heterocycles. The molecule has 4 rings (SSSR count). The maximum Gasteiger partial charge on any atom is 0.354 e. The number of aromatic nitrogens is 2. The molecular formula is C19H12N4O3. The maximum absolute atomic E-state index is 12.7. The van der Waals surface area contributed by atoms with Crippen LogP contribution in [0.3, 0.4) is 0 Å². The van der Waals surface area contributed by atoms with Crippen LogP contribution in [0.25, 0.3) is 21.8 Å². The summed E-state index contributed by atoms with van der Waals surface area (Å²) in [6.07, 6.45) is 1.67. The zero-order valence-corrected chi connectivity index (χ0v) is 13.4. The molecule has 0 bridgehead atoms. The SMILES string of the molecule is O=C(O)c1[nH]c2ccccc2c(=O)c1N=Nc1cccc2ncccc12. The number of pyridine rings is 2. The topological polar surface area (TPSA) is 108 Å². The highest BCUT2D eigenvalue weighted by Gasteiger charge is 2.17. The lowest BCUT2D eigenvalue weighted by atomic mass is 10.1. The number of H-pyrrole nitrogens is 1. The molecule has 0 aliphatic carbocycles. The van der Waals surface area contributed by atoms with Crippen molar-refractivity contribution in [3.63, 3.8) is 0 Å². The van der Waals surface area contributed by atoms with Crippen LogP contribution in [0.15, 0.2) is 75.8 Å². The standard InChI is InChI=1S/C19H12N4O3/c24-18-12-5-1-2-7-14(12)21-17(19(25)26)16(18)23-22-15-9-3-8-13-11(15)6-4-10-20-13/h1-10H,(H,21,24)(H,25,26). The molecule has 0 aliphatic rings. The molecule has 2 aromatic heterocycles. The first-order valence-electron chi connectivity index (χ1n) is 7.79. The van der Waals surface area contributed by atoms with Crippen LogP contribution in [0.2, 0.25) is 0 Å². The summed E-state index contributed by atoms with van der Waals surface area (Å²) in [6.45, 7) is 0. The lowest BCUT2D eigenvalue weighted by Gasteiger charge is -2.04. The molecule has 2 aromatic carbocycles. The molecule has 126 valence electrons. The third-order valence-corrected chi connectivity index (χ3v) is 3.98. The molecule has 0 spiro atoms. The number of hydrogen-bond acceptors (Lipinski definition) is 5. The van der Waals surface area contributed by atoms with Crippen molar-refractivity contribution < 1.29 is 9.90 Å². The number of aromatic carboxylic acids is 1. The number of hydrogen-bond donors (Lipinski definition) is 2. The lowest BCUT2D eigenvalue weighted by molar-refractivity contribution is 0.0692. The largest absolute Gasteiger partial charge is 0.477 e. The van der Waals surface area contributed by atoms with Gasteiger partial charge in [0, 0.05) is 17.0 Å². The molecule has 26 heavy (non-hydrogen) atoms. The van der Waals surface area contributed by atoms with Crippen molar-refractivity contribution in [3.8, 4) is 0 Å². The number of azo groups is 1. The van der Waals surface area contributed by atoms with Gasteiger partial charge in [-0.05, 0) is 36.4 Å². The second-order valence-electron chi connectivity index (χ2n) is 5.58. The molecular weight excluding hydrogens is 332 g/mol. The third-order valence-electron chi connectivity index (χ3n) is 3.98. The van der Waals surface area contributed by atoms with E-state index in [1.165, 1.54) is 0 Å². The summed E-state index contributed by atoms with van der Waals surface area (Å²) in [5, 5.41) is 18.6. The highest BCUT2D eigenvalue weighted by atomic mass is 16.4. The van der Waals surface area contributed by atoms with Gasteiger partial charge in [-0.1, -0.05) is 18.2 Å². The van der Waals surface area contributed by atoms with Gasteiger partial charge >= 0.3 is 5.97 Å². The van der Waals surface area contributed by atoms with E-state index in [1.54, 1.807) is 48.7 Å². The normalized spacial score (nSPS) is 11.4. The van der Waals surface area contributed by atoms with Gasteiger partial charge < -0.3 is 10.1 Å². The average molecular weight is 344 g/mol. The van der Waals surface area contributed by atoms with Crippen LogP contribution in [-0.2, 0) is 0 Å². The van der Waals surface area contributed by atoms with E-state index < -0.39 is 11.4 Å². The van der Waals surface area contributed by atoms with E-state index in [0.29, 0.717) is 16.6 Å². The van der Waals surface area contributed by atoms with Crippen LogP contribution in [0.4, 0.5) is 11.4 Å². The zero-order valence-electron chi connectivity index (χ0n) is 13.4. The zero-order chi connectivity index (χ0) is 18.1. The number of carboxylic acid groups (broad SMARTS) is 1. The van der Waals surface area contributed by atoms with Crippen molar-refractivity contribution in [1.29, 1.82) is 0 Å². The summed E-state index contributed by atoms with van der Waals surface area (Å²) in [6, 6.07) is 15.6. The summed E-state index contributed by atoms with van der Waals surface area (Å²) in [5.41, 5.74) is 0.643. The second kappa shape index (κ2) is 6.21. The van der Waals surface area contributed by atoms with E-state index in [9.17, 15) is 14.7 Å². The Bertz CT molecular complexity index is 1240. The lowest BCUT2D eigenvalue weighted by Crippen LogP contribution is -2.11. The van der Waals surface area contributed by atoms with Crippen molar-refractivity contribution in [2.45, 2.75) is 0 Å². The summed E-state index contributed by atoms with van der Waals surface area (Å²) >= 11 is 0. The van der Waals surface area contributed by atoms with Crippen LogP contribution in [0.5, 0.6) is 0 Å². The average Bonchev–Trinajstić information content (AvgIpc) is 2.67. The molecule has 7 nitrogen and oxygen atoms in total. The van der Waals surface area contributed by atoms with Crippen molar-refractivity contribution >= 4 is 39.1 Å². The minimum atomic E-state index is -1.28. The maximum atomic E-state index is 12.7. The van der Waals surface area contributed by atoms with Crippen molar-refractivity contribution in [2.75, 3.05) is 0 Å². The first-order chi connectivity index (χ1) is 12.6. The summed E-state index contributed by atoms with van der Waals surface area (Å²) < 4.78 is 0. The number of nitrogens with zero attached hydrogens (tertiary/aromatic N) is 3. The Balaban J connectivity index is 1.92. The molecule has 0 amide bonds. The highest BCUT2D eigenvalue weighted by Crippen LogP contribution is 2.27. The fourth-order valence-electron chi connectivity index (χ4n) is 2.75. The van der Waals surface area contributed by atoms with Crippen molar-refractivity contribution in [1.82, 2.24) is 9.97 Å². The van der Waals surface area contributed by atoms with Crippen LogP contribution in [-0.4, -0.2) is 21.0 Å². The van der Waals surface area contributed by atoms with Crippen LogP contribution >= 0.6 is 0 Å². The molecule has 7 heteroatoms. The van der Waals surface area contributed by atoms with Gasteiger partial charge in [0.25, 0.3) is 0 Å². The third kappa shape index (κ3) is 2.61. The van der Waals surface area contributed by atoms with E-state index in [1.807, 2.05) is 12.1 Å². The Labute approximate surface area is 146 Å². The van der Waals surface area contributed by atoms with Gasteiger partial charge in [-0.2, -0.15) is 0 Å². The van der Waals surface area contributed by atoms with E-state index in [2.05, 4.69) is 20.2 Å². The monoisotopic (exact) mass is 344 g/mol. The molecule has 0 saturated carbocycles. The Hall–Kier alpha value is -3.87. The Kier molecular flexibility index (Phi) is 3.74. The summed E-state index contributed by atoms with van der Waals surface area (Å²) in [7, 11) is 0. The number of carboxylic acids is 1. The first-order valence-corrected chi connectivity index (χ1v) is 7.79. The number of fused-ring (bicyclic) bond motifs is 2. The molecule has 0 aliphatic heterocycles. The first kappa shape index (κ1) is 15.6. The Morgan fingerprint density at radius 3 is 2.62 bits per heavy atom. The predicted molar refractivity (Wildman–Crippen MR) is 97.4 cm³/mol. The quantitative estimate of drug-likeness (QED) is 0.543. The van der Waals surface area contributed by atoms with Gasteiger partial charge in [-0.15, -0.1) is 10.2 Å². The van der Waals surface area contributed by atoms with Gasteiger partial charge in [-0.3, -0.25) is 9.78 Å². The molecule has 4 aromatic rings. The number of benzene rings is 2. The van der Waals surface area contributed by atoms with Crippen molar-refractivity contribution in [2.24, 2.45) is 10.2 Å². The number of rotatable bonds is 3. The van der Waals surface area contributed by atoms with Gasteiger partial charge in [0.2, 0.25) is 5.43 Å². The molecule has 0 saturated heterocycles.